The van der Waals surface area contributed by atoms with E-state index < -0.39 is 0 Å². The van der Waals surface area contributed by atoms with E-state index in [9.17, 15) is 9.59 Å². The quantitative estimate of drug-likeness (QED) is 0.696. The number of ketones is 1. The lowest BCUT2D eigenvalue weighted by Crippen LogP contribution is -2.48. The van der Waals surface area contributed by atoms with Crippen LogP contribution in [0.4, 0.5) is 4.79 Å². The van der Waals surface area contributed by atoms with Gasteiger partial charge in [0.2, 0.25) is 0 Å². The van der Waals surface area contributed by atoms with E-state index in [-0.39, 0.29) is 23.8 Å². The summed E-state index contributed by atoms with van der Waals surface area (Å²) in [6, 6.07) is -0.210. The maximum absolute atomic E-state index is 11.9. The average molecular weight is 211 g/mol. The van der Waals surface area contributed by atoms with Crippen LogP contribution < -0.4 is 0 Å². The lowest BCUT2D eigenvalue weighted by Gasteiger charge is -2.33. The first-order valence-corrected chi connectivity index (χ1v) is 5.62. The van der Waals surface area contributed by atoms with Crippen molar-refractivity contribution in [2.24, 2.45) is 5.92 Å². The average Bonchev–Trinajstić information content (AvgIpc) is 3.11. The summed E-state index contributed by atoms with van der Waals surface area (Å²) in [5.74, 6) is 0.473. The monoisotopic (exact) mass is 211 g/mol. The van der Waals surface area contributed by atoms with Crippen LogP contribution in [0.5, 0.6) is 0 Å². The third kappa shape index (κ3) is 2.13. The fourth-order valence-corrected chi connectivity index (χ4v) is 2.20. The van der Waals surface area contributed by atoms with Crippen LogP contribution in [0.3, 0.4) is 0 Å². The molecule has 2 rings (SSSR count). The predicted octanol–water partition coefficient (Wildman–Crippen LogP) is 1.59. The van der Waals surface area contributed by atoms with Gasteiger partial charge in [0.15, 0.2) is 5.78 Å². The zero-order valence-corrected chi connectivity index (χ0v) is 9.07. The van der Waals surface area contributed by atoms with Crippen molar-refractivity contribution in [2.75, 3.05) is 13.7 Å². The molecule has 1 saturated heterocycles. The summed E-state index contributed by atoms with van der Waals surface area (Å²) in [5, 5.41) is 0. The number of amides is 1. The molecule has 1 atom stereocenters. The molecule has 0 bridgehead atoms. The molecule has 2 fully saturated rings. The van der Waals surface area contributed by atoms with E-state index >= 15 is 0 Å². The lowest BCUT2D eigenvalue weighted by atomic mass is 9.96. The summed E-state index contributed by atoms with van der Waals surface area (Å²) in [7, 11) is 1.37. The Morgan fingerprint density at radius 2 is 1.93 bits per heavy atom. The molecule has 1 aliphatic carbocycles. The standard InChI is InChI=1S/C11H17NO3/c1-15-11(14)12-7-3-2-4-9(12)10(13)8-5-6-8/h8-9H,2-7H2,1H3. The number of hydrogen-bond donors (Lipinski definition) is 0. The minimum absolute atomic E-state index is 0.210. The van der Waals surface area contributed by atoms with Gasteiger partial charge in [0, 0.05) is 12.5 Å². The number of rotatable bonds is 2. The largest absolute Gasteiger partial charge is 0.453 e. The van der Waals surface area contributed by atoms with Gasteiger partial charge >= 0.3 is 6.09 Å². The second-order valence-electron chi connectivity index (χ2n) is 4.35. The van der Waals surface area contributed by atoms with E-state index in [1.807, 2.05) is 0 Å². The van der Waals surface area contributed by atoms with Gasteiger partial charge in [0.25, 0.3) is 0 Å². The van der Waals surface area contributed by atoms with Crippen LogP contribution in [0.25, 0.3) is 0 Å². The Hall–Kier alpha value is -1.06. The molecule has 1 heterocycles. The number of ether oxygens (including phenoxy) is 1. The third-order valence-electron chi connectivity index (χ3n) is 3.22. The maximum Gasteiger partial charge on any atom is 0.410 e. The number of methoxy groups -OCH3 is 1. The van der Waals surface area contributed by atoms with Crippen LogP contribution in [0, 0.1) is 5.92 Å². The smallest absolute Gasteiger partial charge is 0.410 e. The number of piperidine rings is 1. The van der Waals surface area contributed by atoms with Crippen molar-refractivity contribution >= 4 is 11.9 Å². The summed E-state index contributed by atoms with van der Waals surface area (Å²) in [5.41, 5.74) is 0. The van der Waals surface area contributed by atoms with Crippen LogP contribution >= 0.6 is 0 Å². The molecule has 1 amide bonds. The molecule has 0 radical (unpaired) electrons. The van der Waals surface area contributed by atoms with Gasteiger partial charge in [-0.3, -0.25) is 9.69 Å². The minimum atomic E-state index is -0.353. The fraction of sp³-hybridized carbons (Fsp3) is 0.818. The van der Waals surface area contributed by atoms with Crippen molar-refractivity contribution in [1.29, 1.82) is 0 Å². The lowest BCUT2D eigenvalue weighted by molar-refractivity contribution is -0.126. The molecular formula is C11H17NO3. The van der Waals surface area contributed by atoms with Crippen LogP contribution in [-0.4, -0.2) is 36.5 Å². The van der Waals surface area contributed by atoms with Crippen molar-refractivity contribution in [3.8, 4) is 0 Å². The summed E-state index contributed by atoms with van der Waals surface area (Å²) in [4.78, 5) is 25.0. The number of carbonyl (C=O) groups is 2. The predicted molar refractivity (Wildman–Crippen MR) is 54.5 cm³/mol. The first-order chi connectivity index (χ1) is 7.24. The Morgan fingerprint density at radius 3 is 2.53 bits per heavy atom. The van der Waals surface area contributed by atoms with Crippen molar-refractivity contribution in [3.05, 3.63) is 0 Å². The van der Waals surface area contributed by atoms with Gasteiger partial charge in [-0.25, -0.2) is 4.79 Å². The third-order valence-corrected chi connectivity index (χ3v) is 3.22. The fourth-order valence-electron chi connectivity index (χ4n) is 2.20. The number of nitrogens with zero attached hydrogens (tertiary/aromatic N) is 1. The SMILES string of the molecule is COC(=O)N1CCCCC1C(=O)C1CC1. The normalized spacial score (nSPS) is 26.2. The Labute approximate surface area is 89.6 Å². The molecule has 4 nitrogen and oxygen atoms in total. The van der Waals surface area contributed by atoms with Crippen molar-refractivity contribution in [3.63, 3.8) is 0 Å². The first-order valence-electron chi connectivity index (χ1n) is 5.62. The van der Waals surface area contributed by atoms with E-state index in [0.717, 1.165) is 32.1 Å². The second kappa shape index (κ2) is 4.21. The topological polar surface area (TPSA) is 46.6 Å². The van der Waals surface area contributed by atoms with Gasteiger partial charge in [-0.05, 0) is 32.1 Å². The molecule has 1 saturated carbocycles. The molecule has 1 aliphatic heterocycles. The molecule has 0 aromatic carbocycles. The Balaban J connectivity index is 2.04. The van der Waals surface area contributed by atoms with Crippen LogP contribution in [-0.2, 0) is 9.53 Å². The highest BCUT2D eigenvalue weighted by Crippen LogP contribution is 2.34. The van der Waals surface area contributed by atoms with E-state index in [1.165, 1.54) is 7.11 Å². The van der Waals surface area contributed by atoms with Gasteiger partial charge in [-0.2, -0.15) is 0 Å². The highest BCUT2D eigenvalue weighted by Gasteiger charge is 2.40. The van der Waals surface area contributed by atoms with Crippen molar-refractivity contribution in [1.82, 2.24) is 4.90 Å². The maximum atomic E-state index is 11.9. The van der Waals surface area contributed by atoms with E-state index in [4.69, 9.17) is 4.74 Å². The van der Waals surface area contributed by atoms with E-state index in [0.29, 0.717) is 6.54 Å². The van der Waals surface area contributed by atoms with Crippen LogP contribution in [0.2, 0.25) is 0 Å². The van der Waals surface area contributed by atoms with Crippen molar-refractivity contribution in [2.45, 2.75) is 38.1 Å². The van der Waals surface area contributed by atoms with E-state index in [2.05, 4.69) is 0 Å². The molecule has 4 heteroatoms. The molecule has 15 heavy (non-hydrogen) atoms. The summed E-state index contributed by atoms with van der Waals surface area (Å²) >= 11 is 0. The molecule has 2 aliphatic rings. The Morgan fingerprint density at radius 1 is 1.20 bits per heavy atom. The molecule has 84 valence electrons. The summed E-state index contributed by atoms with van der Waals surface area (Å²) in [6.45, 7) is 0.663. The number of hydrogen-bond acceptors (Lipinski definition) is 3. The zero-order chi connectivity index (χ0) is 10.8. The highest BCUT2D eigenvalue weighted by atomic mass is 16.5. The van der Waals surface area contributed by atoms with Crippen LogP contribution in [0.15, 0.2) is 0 Å². The number of Topliss-reactive ketones (excluding diaryl/α,β-unsaturated/α-hetero) is 1. The van der Waals surface area contributed by atoms with Gasteiger partial charge in [0.1, 0.15) is 0 Å². The molecular weight excluding hydrogens is 194 g/mol. The van der Waals surface area contributed by atoms with Gasteiger partial charge in [-0.15, -0.1) is 0 Å². The zero-order valence-electron chi connectivity index (χ0n) is 9.07. The second-order valence-corrected chi connectivity index (χ2v) is 4.35. The molecule has 0 spiro atoms. The Kier molecular flexibility index (Phi) is 2.93. The minimum Gasteiger partial charge on any atom is -0.453 e. The Bertz CT molecular complexity index is 273. The summed E-state index contributed by atoms with van der Waals surface area (Å²) < 4.78 is 4.71. The van der Waals surface area contributed by atoms with Crippen molar-refractivity contribution < 1.29 is 14.3 Å². The summed E-state index contributed by atoms with van der Waals surface area (Å²) in [6.07, 6.45) is 4.48. The molecule has 0 N–H and O–H groups in total. The highest BCUT2D eigenvalue weighted by molar-refractivity contribution is 5.90. The van der Waals surface area contributed by atoms with E-state index in [1.54, 1.807) is 4.90 Å². The molecule has 0 aromatic heterocycles. The van der Waals surface area contributed by atoms with Gasteiger partial charge in [-0.1, -0.05) is 0 Å². The number of carbonyl (C=O) groups excluding carboxylic acids is 2. The first kappa shape index (κ1) is 10.5. The van der Waals surface area contributed by atoms with Gasteiger partial charge in [0.05, 0.1) is 13.2 Å². The van der Waals surface area contributed by atoms with Gasteiger partial charge < -0.3 is 4.74 Å². The molecule has 0 aromatic rings. The number of likely N-dealkylation sites (tertiary alicyclic amines) is 1. The molecule has 1 unspecified atom stereocenters. The van der Waals surface area contributed by atoms with Crippen LogP contribution in [0.1, 0.15) is 32.1 Å².